The van der Waals surface area contributed by atoms with E-state index in [9.17, 15) is 0 Å². The topological polar surface area (TPSA) is 47.0 Å². The second-order valence-electron chi connectivity index (χ2n) is 4.28. The van der Waals surface area contributed by atoms with E-state index in [-0.39, 0.29) is 6.04 Å². The summed E-state index contributed by atoms with van der Waals surface area (Å²) < 4.78 is 5.12. The molecule has 0 fully saturated rings. The van der Waals surface area contributed by atoms with Crippen molar-refractivity contribution in [1.29, 1.82) is 0 Å². The number of hydrogen-bond donors (Lipinski definition) is 1. The number of likely N-dealkylation sites (N-methyl/N-ethyl adjacent to an activating group) is 1. The number of ether oxygens (including phenoxy) is 1. The third-order valence-electron chi connectivity index (χ3n) is 3.00. The SMILES string of the molecule is CNC(Cc1ccc(Cl)c(Cl)c1)c1cc(OC)ncn1. The first kappa shape index (κ1) is 15.0. The molecule has 4 nitrogen and oxygen atoms in total. The van der Waals surface area contributed by atoms with Crippen LogP contribution in [0.15, 0.2) is 30.6 Å². The molecule has 1 aromatic carbocycles. The van der Waals surface area contributed by atoms with E-state index < -0.39 is 0 Å². The van der Waals surface area contributed by atoms with E-state index in [0.29, 0.717) is 15.9 Å². The molecule has 0 amide bonds. The number of nitrogens with one attached hydrogen (secondary N) is 1. The fourth-order valence-electron chi connectivity index (χ4n) is 1.91. The van der Waals surface area contributed by atoms with E-state index in [1.165, 1.54) is 6.33 Å². The predicted octanol–water partition coefficient (Wildman–Crippen LogP) is 3.30. The number of benzene rings is 1. The average molecular weight is 312 g/mol. The fourth-order valence-corrected chi connectivity index (χ4v) is 2.23. The van der Waals surface area contributed by atoms with Crippen LogP contribution in [0.2, 0.25) is 10.0 Å². The molecule has 0 radical (unpaired) electrons. The van der Waals surface area contributed by atoms with Gasteiger partial charge in [0.1, 0.15) is 6.33 Å². The predicted molar refractivity (Wildman–Crippen MR) is 80.6 cm³/mol. The van der Waals surface area contributed by atoms with Gasteiger partial charge in [0.25, 0.3) is 0 Å². The van der Waals surface area contributed by atoms with Crippen LogP contribution in [0, 0.1) is 0 Å². The Hall–Kier alpha value is -1.36. The number of methoxy groups -OCH3 is 1. The summed E-state index contributed by atoms with van der Waals surface area (Å²) in [5.74, 6) is 0.546. The molecule has 0 bridgehead atoms. The van der Waals surface area contributed by atoms with Crippen molar-refractivity contribution in [3.05, 3.63) is 51.9 Å². The lowest BCUT2D eigenvalue weighted by molar-refractivity contribution is 0.394. The van der Waals surface area contributed by atoms with Gasteiger partial charge in [-0.3, -0.25) is 0 Å². The summed E-state index contributed by atoms with van der Waals surface area (Å²) in [6.07, 6.45) is 2.24. The van der Waals surface area contributed by atoms with Crippen LogP contribution in [-0.4, -0.2) is 24.1 Å². The molecule has 106 valence electrons. The smallest absolute Gasteiger partial charge is 0.216 e. The van der Waals surface area contributed by atoms with Crippen LogP contribution < -0.4 is 10.1 Å². The zero-order chi connectivity index (χ0) is 14.5. The molecule has 1 unspecified atom stereocenters. The molecule has 0 spiro atoms. The molecular formula is C14H15Cl2N3O. The standard InChI is InChI=1S/C14H15Cl2N3O/c1-17-12(13-7-14(20-2)19-8-18-13)6-9-3-4-10(15)11(16)5-9/h3-5,7-8,12,17H,6H2,1-2H3. The number of halogens is 2. The van der Waals surface area contributed by atoms with Crippen molar-refractivity contribution in [3.8, 4) is 5.88 Å². The molecule has 0 saturated carbocycles. The van der Waals surface area contributed by atoms with Crippen molar-refractivity contribution in [3.63, 3.8) is 0 Å². The summed E-state index contributed by atoms with van der Waals surface area (Å²) in [4.78, 5) is 8.29. The molecule has 1 aromatic heterocycles. The van der Waals surface area contributed by atoms with Crippen molar-refractivity contribution in [1.82, 2.24) is 15.3 Å². The first-order valence-electron chi connectivity index (χ1n) is 6.11. The largest absolute Gasteiger partial charge is 0.481 e. The number of aromatic nitrogens is 2. The van der Waals surface area contributed by atoms with Gasteiger partial charge in [0.2, 0.25) is 5.88 Å². The van der Waals surface area contributed by atoms with E-state index in [1.807, 2.05) is 25.2 Å². The summed E-state index contributed by atoms with van der Waals surface area (Å²) >= 11 is 12.0. The molecule has 0 aliphatic carbocycles. The molecular weight excluding hydrogens is 297 g/mol. The third kappa shape index (κ3) is 3.60. The normalized spacial score (nSPS) is 12.2. The Balaban J connectivity index is 2.21. The van der Waals surface area contributed by atoms with E-state index in [2.05, 4.69) is 15.3 Å². The first-order valence-corrected chi connectivity index (χ1v) is 6.86. The quantitative estimate of drug-likeness (QED) is 0.920. The highest BCUT2D eigenvalue weighted by molar-refractivity contribution is 6.42. The Morgan fingerprint density at radius 1 is 1.20 bits per heavy atom. The molecule has 20 heavy (non-hydrogen) atoms. The van der Waals surface area contributed by atoms with Gasteiger partial charge in [-0.25, -0.2) is 9.97 Å². The number of rotatable bonds is 5. The van der Waals surface area contributed by atoms with Crippen LogP contribution in [0.5, 0.6) is 5.88 Å². The highest BCUT2D eigenvalue weighted by atomic mass is 35.5. The first-order chi connectivity index (χ1) is 9.63. The molecule has 0 aliphatic rings. The van der Waals surface area contributed by atoms with Crippen LogP contribution >= 0.6 is 23.2 Å². The Bertz CT molecular complexity index is 592. The minimum absolute atomic E-state index is 0.0455. The molecule has 2 rings (SSSR count). The second-order valence-corrected chi connectivity index (χ2v) is 5.09. The van der Waals surface area contributed by atoms with Gasteiger partial charge in [-0.2, -0.15) is 0 Å². The maximum Gasteiger partial charge on any atom is 0.216 e. The minimum Gasteiger partial charge on any atom is -0.481 e. The monoisotopic (exact) mass is 311 g/mol. The van der Waals surface area contributed by atoms with Crippen LogP contribution in [0.4, 0.5) is 0 Å². The van der Waals surface area contributed by atoms with Gasteiger partial charge in [-0.15, -0.1) is 0 Å². The van der Waals surface area contributed by atoms with Crippen LogP contribution in [0.25, 0.3) is 0 Å². The highest BCUT2D eigenvalue weighted by Gasteiger charge is 2.13. The van der Waals surface area contributed by atoms with E-state index in [1.54, 1.807) is 13.2 Å². The van der Waals surface area contributed by atoms with E-state index >= 15 is 0 Å². The molecule has 6 heteroatoms. The van der Waals surface area contributed by atoms with Gasteiger partial charge in [0.05, 0.1) is 28.9 Å². The lowest BCUT2D eigenvalue weighted by atomic mass is 10.0. The van der Waals surface area contributed by atoms with Crippen molar-refractivity contribution in [2.24, 2.45) is 0 Å². The Labute approximate surface area is 128 Å². The van der Waals surface area contributed by atoms with Crippen LogP contribution in [-0.2, 0) is 6.42 Å². The second kappa shape index (κ2) is 6.88. The zero-order valence-electron chi connectivity index (χ0n) is 11.2. The van der Waals surface area contributed by atoms with Gasteiger partial charge in [-0.1, -0.05) is 29.3 Å². The molecule has 1 atom stereocenters. The summed E-state index contributed by atoms with van der Waals surface area (Å²) in [5, 5.41) is 4.34. The summed E-state index contributed by atoms with van der Waals surface area (Å²) in [5.41, 5.74) is 1.95. The van der Waals surface area contributed by atoms with Crippen molar-refractivity contribution < 1.29 is 4.74 Å². The van der Waals surface area contributed by atoms with Crippen molar-refractivity contribution >= 4 is 23.2 Å². The van der Waals surface area contributed by atoms with Crippen LogP contribution in [0.3, 0.4) is 0 Å². The maximum atomic E-state index is 6.04. The number of hydrogen-bond acceptors (Lipinski definition) is 4. The van der Waals surface area contributed by atoms with E-state index in [4.69, 9.17) is 27.9 Å². The summed E-state index contributed by atoms with van der Waals surface area (Å²) in [6, 6.07) is 7.48. The molecule has 2 aromatic rings. The minimum atomic E-state index is 0.0455. The Kier molecular flexibility index (Phi) is 5.17. The van der Waals surface area contributed by atoms with Crippen molar-refractivity contribution in [2.75, 3.05) is 14.2 Å². The molecule has 0 aliphatic heterocycles. The molecule has 0 saturated heterocycles. The van der Waals surface area contributed by atoms with Gasteiger partial charge in [-0.05, 0) is 31.2 Å². The average Bonchev–Trinajstić information content (AvgIpc) is 2.48. The van der Waals surface area contributed by atoms with Gasteiger partial charge < -0.3 is 10.1 Å². The third-order valence-corrected chi connectivity index (χ3v) is 3.74. The Morgan fingerprint density at radius 3 is 2.65 bits per heavy atom. The lowest BCUT2D eigenvalue weighted by Crippen LogP contribution is -2.20. The van der Waals surface area contributed by atoms with E-state index in [0.717, 1.165) is 17.7 Å². The van der Waals surface area contributed by atoms with Crippen molar-refractivity contribution in [2.45, 2.75) is 12.5 Å². The number of nitrogens with zero attached hydrogens (tertiary/aromatic N) is 2. The molecule has 1 heterocycles. The highest BCUT2D eigenvalue weighted by Crippen LogP contribution is 2.25. The Morgan fingerprint density at radius 2 is 2.00 bits per heavy atom. The van der Waals surface area contributed by atoms with Gasteiger partial charge >= 0.3 is 0 Å². The summed E-state index contributed by atoms with van der Waals surface area (Å²) in [6.45, 7) is 0. The fraction of sp³-hybridized carbons (Fsp3) is 0.286. The molecule has 1 N–H and O–H groups in total. The summed E-state index contributed by atoms with van der Waals surface area (Å²) in [7, 11) is 3.47. The maximum absolute atomic E-state index is 6.04. The van der Waals surface area contributed by atoms with Gasteiger partial charge in [0.15, 0.2) is 0 Å². The van der Waals surface area contributed by atoms with Gasteiger partial charge in [0, 0.05) is 6.07 Å². The van der Waals surface area contributed by atoms with Crippen LogP contribution in [0.1, 0.15) is 17.3 Å². The zero-order valence-corrected chi connectivity index (χ0v) is 12.7. The lowest BCUT2D eigenvalue weighted by Gasteiger charge is -2.16.